The number of nitrogens with zero attached hydrogens (tertiary/aromatic N) is 1. The van der Waals surface area contributed by atoms with E-state index in [1.165, 1.54) is 4.31 Å². The highest BCUT2D eigenvalue weighted by molar-refractivity contribution is 7.98. The van der Waals surface area contributed by atoms with Crippen LogP contribution < -0.4 is 5.73 Å². The summed E-state index contributed by atoms with van der Waals surface area (Å²) in [5.41, 5.74) is 5.35. The molecule has 98 valence electrons. The van der Waals surface area contributed by atoms with Crippen molar-refractivity contribution in [2.75, 3.05) is 31.4 Å². The lowest BCUT2D eigenvalue weighted by atomic mass is 10.3. The first-order chi connectivity index (χ1) is 7.45. The van der Waals surface area contributed by atoms with Gasteiger partial charge in [0.25, 0.3) is 0 Å². The Kier molecular flexibility index (Phi) is 8.45. The van der Waals surface area contributed by atoms with Crippen molar-refractivity contribution >= 4 is 21.8 Å². The van der Waals surface area contributed by atoms with Crippen molar-refractivity contribution in [3.05, 3.63) is 0 Å². The summed E-state index contributed by atoms with van der Waals surface area (Å²) in [6, 6.07) is 0.0790. The van der Waals surface area contributed by atoms with Crippen LogP contribution in [0.2, 0.25) is 0 Å². The largest absolute Gasteiger partial charge is 0.330 e. The molecule has 1 unspecified atom stereocenters. The molecule has 4 nitrogen and oxygen atoms in total. The summed E-state index contributed by atoms with van der Waals surface area (Å²) in [5.74, 6) is 1.20. The average Bonchev–Trinajstić information content (AvgIpc) is 2.25. The maximum Gasteiger partial charge on any atom is 0.214 e. The smallest absolute Gasteiger partial charge is 0.214 e. The lowest BCUT2D eigenvalue weighted by Crippen LogP contribution is -2.37. The van der Waals surface area contributed by atoms with E-state index in [9.17, 15) is 8.42 Å². The summed E-state index contributed by atoms with van der Waals surface area (Å²) in [6.45, 7) is 2.51. The second-order valence-electron chi connectivity index (χ2n) is 3.96. The lowest BCUT2D eigenvalue weighted by molar-refractivity contribution is 0.381. The van der Waals surface area contributed by atoms with Crippen LogP contribution in [-0.2, 0) is 10.0 Å². The minimum absolute atomic E-state index is 0.0790. The van der Waals surface area contributed by atoms with Gasteiger partial charge in [0, 0.05) is 13.1 Å². The molecule has 0 aliphatic carbocycles. The van der Waals surface area contributed by atoms with Crippen LogP contribution in [-0.4, -0.2) is 50.1 Å². The van der Waals surface area contributed by atoms with Gasteiger partial charge < -0.3 is 5.73 Å². The molecular formula is C10H24N2O2S2. The second kappa shape index (κ2) is 8.33. The first-order valence-electron chi connectivity index (χ1n) is 5.60. The van der Waals surface area contributed by atoms with Crippen LogP contribution in [0, 0.1) is 0 Å². The van der Waals surface area contributed by atoms with Crippen LogP contribution in [0.3, 0.4) is 0 Å². The van der Waals surface area contributed by atoms with Gasteiger partial charge in [0.15, 0.2) is 0 Å². The quantitative estimate of drug-likeness (QED) is 0.637. The molecule has 0 bridgehead atoms. The summed E-state index contributed by atoms with van der Waals surface area (Å²) >= 11 is 1.74. The SMILES string of the molecule is CSCCC(C)N(C)S(=O)(=O)CCCCN. The van der Waals surface area contributed by atoms with E-state index >= 15 is 0 Å². The molecule has 0 aromatic heterocycles. The van der Waals surface area contributed by atoms with Crippen molar-refractivity contribution in [2.45, 2.75) is 32.2 Å². The van der Waals surface area contributed by atoms with Gasteiger partial charge in [-0.2, -0.15) is 11.8 Å². The van der Waals surface area contributed by atoms with Gasteiger partial charge in [-0.15, -0.1) is 0 Å². The number of rotatable bonds is 9. The Bertz CT molecular complexity index is 268. The topological polar surface area (TPSA) is 63.4 Å². The van der Waals surface area contributed by atoms with E-state index in [1.54, 1.807) is 18.8 Å². The third-order valence-corrected chi connectivity index (χ3v) is 5.34. The van der Waals surface area contributed by atoms with Crippen LogP contribution >= 0.6 is 11.8 Å². The number of nitrogens with two attached hydrogens (primary N) is 1. The molecule has 0 radical (unpaired) electrons. The van der Waals surface area contributed by atoms with Crippen LogP contribution in [0.1, 0.15) is 26.2 Å². The molecule has 0 saturated carbocycles. The van der Waals surface area contributed by atoms with Gasteiger partial charge in [0.2, 0.25) is 10.0 Å². The van der Waals surface area contributed by atoms with E-state index in [-0.39, 0.29) is 11.8 Å². The monoisotopic (exact) mass is 268 g/mol. The molecule has 0 aliphatic heterocycles. The molecule has 0 fully saturated rings. The Morgan fingerprint density at radius 3 is 2.50 bits per heavy atom. The number of hydrogen-bond acceptors (Lipinski definition) is 4. The molecule has 0 aliphatic rings. The molecule has 0 spiro atoms. The number of unbranched alkanes of at least 4 members (excludes halogenated alkanes) is 1. The Labute approximate surface area is 104 Å². The van der Waals surface area contributed by atoms with Gasteiger partial charge in [0.05, 0.1) is 5.75 Å². The fourth-order valence-electron chi connectivity index (χ4n) is 1.32. The zero-order valence-electron chi connectivity index (χ0n) is 10.5. The molecule has 6 heteroatoms. The molecular weight excluding hydrogens is 244 g/mol. The summed E-state index contributed by atoms with van der Waals surface area (Å²) in [5, 5.41) is 0. The van der Waals surface area contributed by atoms with E-state index in [4.69, 9.17) is 5.73 Å². The van der Waals surface area contributed by atoms with Crippen LogP contribution in [0.15, 0.2) is 0 Å². The van der Waals surface area contributed by atoms with Gasteiger partial charge in [-0.25, -0.2) is 12.7 Å². The van der Waals surface area contributed by atoms with Crippen molar-refractivity contribution < 1.29 is 8.42 Å². The molecule has 2 N–H and O–H groups in total. The average molecular weight is 268 g/mol. The van der Waals surface area contributed by atoms with Crippen molar-refractivity contribution in [2.24, 2.45) is 5.73 Å². The highest BCUT2D eigenvalue weighted by Crippen LogP contribution is 2.11. The molecule has 0 aromatic rings. The molecule has 0 amide bonds. The standard InChI is InChI=1S/C10H24N2O2S2/c1-10(6-8-15-3)12(2)16(13,14)9-5-4-7-11/h10H,4-9,11H2,1-3H3. The molecule has 1 atom stereocenters. The Morgan fingerprint density at radius 1 is 1.38 bits per heavy atom. The van der Waals surface area contributed by atoms with Gasteiger partial charge in [-0.05, 0) is 44.7 Å². The Hall–Kier alpha value is 0.220. The molecule has 16 heavy (non-hydrogen) atoms. The first kappa shape index (κ1) is 16.2. The second-order valence-corrected chi connectivity index (χ2v) is 7.09. The van der Waals surface area contributed by atoms with E-state index in [1.807, 2.05) is 13.2 Å². The fourth-order valence-corrected chi connectivity index (χ4v) is 3.40. The summed E-state index contributed by atoms with van der Waals surface area (Å²) in [4.78, 5) is 0. The molecule has 0 saturated heterocycles. The number of hydrogen-bond donors (Lipinski definition) is 1. The third-order valence-electron chi connectivity index (χ3n) is 2.66. The van der Waals surface area contributed by atoms with Crippen molar-refractivity contribution in [3.63, 3.8) is 0 Å². The van der Waals surface area contributed by atoms with E-state index < -0.39 is 10.0 Å². The number of sulfonamides is 1. The van der Waals surface area contributed by atoms with Gasteiger partial charge >= 0.3 is 0 Å². The van der Waals surface area contributed by atoms with E-state index in [0.717, 1.165) is 18.6 Å². The van der Waals surface area contributed by atoms with Crippen molar-refractivity contribution in [1.82, 2.24) is 4.31 Å². The first-order valence-corrected chi connectivity index (χ1v) is 8.60. The zero-order valence-corrected chi connectivity index (χ0v) is 12.1. The maximum atomic E-state index is 11.9. The highest BCUT2D eigenvalue weighted by Gasteiger charge is 2.22. The highest BCUT2D eigenvalue weighted by atomic mass is 32.2. The van der Waals surface area contributed by atoms with Crippen LogP contribution in [0.4, 0.5) is 0 Å². The predicted molar refractivity (Wildman–Crippen MR) is 72.3 cm³/mol. The van der Waals surface area contributed by atoms with E-state index in [0.29, 0.717) is 13.0 Å². The van der Waals surface area contributed by atoms with Crippen molar-refractivity contribution in [1.29, 1.82) is 0 Å². The fraction of sp³-hybridized carbons (Fsp3) is 1.00. The molecule has 0 rings (SSSR count). The minimum atomic E-state index is -3.09. The normalized spacial score (nSPS) is 14.3. The number of thioether (sulfide) groups is 1. The minimum Gasteiger partial charge on any atom is -0.330 e. The van der Waals surface area contributed by atoms with E-state index in [2.05, 4.69) is 0 Å². The maximum absolute atomic E-state index is 11.9. The van der Waals surface area contributed by atoms with Crippen LogP contribution in [0.5, 0.6) is 0 Å². The summed E-state index contributed by atoms with van der Waals surface area (Å²) in [7, 11) is -1.42. The van der Waals surface area contributed by atoms with Gasteiger partial charge in [-0.3, -0.25) is 0 Å². The Balaban J connectivity index is 4.16. The van der Waals surface area contributed by atoms with Crippen molar-refractivity contribution in [3.8, 4) is 0 Å². The Morgan fingerprint density at radius 2 is 2.00 bits per heavy atom. The van der Waals surface area contributed by atoms with Gasteiger partial charge in [-0.1, -0.05) is 0 Å². The molecule has 0 heterocycles. The summed E-state index contributed by atoms with van der Waals surface area (Å²) < 4.78 is 25.3. The molecule has 0 aromatic carbocycles. The predicted octanol–water partition coefficient (Wildman–Crippen LogP) is 1.13. The summed E-state index contributed by atoms with van der Waals surface area (Å²) in [6.07, 6.45) is 4.35. The van der Waals surface area contributed by atoms with Crippen LogP contribution in [0.25, 0.3) is 0 Å². The van der Waals surface area contributed by atoms with Gasteiger partial charge in [0.1, 0.15) is 0 Å². The lowest BCUT2D eigenvalue weighted by Gasteiger charge is -2.24. The third kappa shape index (κ3) is 6.08. The zero-order chi connectivity index (χ0) is 12.6.